The Morgan fingerprint density at radius 1 is 1.28 bits per heavy atom. The summed E-state index contributed by atoms with van der Waals surface area (Å²) in [4.78, 5) is 15.0. The SMILES string of the molecule is Cc1cc(C)n(CC2CCCN2C(=O)c2ccc3c(c2)nnn3C)n1. The smallest absolute Gasteiger partial charge is 0.254 e. The zero-order chi connectivity index (χ0) is 17.6. The van der Waals surface area contributed by atoms with Crippen LogP contribution in [0.2, 0.25) is 0 Å². The third-order valence-electron chi connectivity index (χ3n) is 4.98. The van der Waals surface area contributed by atoms with Gasteiger partial charge in [-0.3, -0.25) is 9.48 Å². The summed E-state index contributed by atoms with van der Waals surface area (Å²) in [6.45, 7) is 5.60. The molecule has 130 valence electrons. The highest BCUT2D eigenvalue weighted by atomic mass is 16.2. The summed E-state index contributed by atoms with van der Waals surface area (Å²) in [5.74, 6) is 0.0663. The largest absolute Gasteiger partial charge is 0.334 e. The summed E-state index contributed by atoms with van der Waals surface area (Å²) in [5.41, 5.74) is 4.51. The van der Waals surface area contributed by atoms with E-state index >= 15 is 0 Å². The highest BCUT2D eigenvalue weighted by molar-refractivity contribution is 5.97. The minimum atomic E-state index is 0.0663. The van der Waals surface area contributed by atoms with Gasteiger partial charge in [-0.05, 0) is 51.0 Å². The van der Waals surface area contributed by atoms with E-state index in [2.05, 4.69) is 28.4 Å². The lowest BCUT2D eigenvalue weighted by Crippen LogP contribution is -2.38. The number of benzene rings is 1. The average Bonchev–Trinajstić information content (AvgIpc) is 3.27. The van der Waals surface area contributed by atoms with E-state index in [0.717, 1.165) is 48.4 Å². The molecule has 1 amide bonds. The lowest BCUT2D eigenvalue weighted by Gasteiger charge is -2.25. The number of hydrogen-bond donors (Lipinski definition) is 0. The third-order valence-corrected chi connectivity index (χ3v) is 4.98. The molecule has 7 heteroatoms. The molecule has 3 aromatic rings. The van der Waals surface area contributed by atoms with Crippen LogP contribution in [0.5, 0.6) is 0 Å². The molecule has 3 heterocycles. The Morgan fingerprint density at radius 2 is 2.12 bits per heavy atom. The lowest BCUT2D eigenvalue weighted by molar-refractivity contribution is 0.0721. The number of aryl methyl sites for hydroxylation is 3. The Bertz CT molecular complexity index is 940. The van der Waals surface area contributed by atoms with Crippen LogP contribution >= 0.6 is 0 Å². The molecule has 0 spiro atoms. The number of aromatic nitrogens is 5. The molecule has 1 saturated heterocycles. The van der Waals surface area contributed by atoms with Crippen LogP contribution in [0.15, 0.2) is 24.3 Å². The first kappa shape index (κ1) is 15.8. The average molecular weight is 338 g/mol. The van der Waals surface area contributed by atoms with Crippen molar-refractivity contribution < 1.29 is 4.79 Å². The predicted octanol–water partition coefficient (Wildman–Crippen LogP) is 2.09. The molecule has 2 aromatic heterocycles. The molecule has 1 aromatic carbocycles. The first-order valence-electron chi connectivity index (χ1n) is 8.64. The van der Waals surface area contributed by atoms with Crippen molar-refractivity contribution in [1.29, 1.82) is 0 Å². The standard InChI is InChI=1S/C18H22N6O/c1-12-9-13(2)24(20-12)11-15-5-4-8-23(15)18(25)14-6-7-17-16(10-14)19-21-22(17)3/h6-7,9-10,15H,4-5,8,11H2,1-3H3. The van der Waals surface area contributed by atoms with E-state index in [1.54, 1.807) is 4.68 Å². The topological polar surface area (TPSA) is 68.8 Å². The molecule has 1 unspecified atom stereocenters. The zero-order valence-corrected chi connectivity index (χ0v) is 14.8. The normalized spacial score (nSPS) is 17.6. The predicted molar refractivity (Wildman–Crippen MR) is 94.3 cm³/mol. The van der Waals surface area contributed by atoms with Gasteiger partial charge in [-0.15, -0.1) is 5.10 Å². The fourth-order valence-electron chi connectivity index (χ4n) is 3.69. The molecule has 1 atom stereocenters. The minimum absolute atomic E-state index is 0.0663. The van der Waals surface area contributed by atoms with Crippen molar-refractivity contribution in [3.63, 3.8) is 0 Å². The van der Waals surface area contributed by atoms with E-state index in [0.29, 0.717) is 5.56 Å². The molecule has 25 heavy (non-hydrogen) atoms. The molecule has 1 aliphatic rings. The van der Waals surface area contributed by atoms with Gasteiger partial charge >= 0.3 is 0 Å². The van der Waals surface area contributed by atoms with Crippen LogP contribution in [0, 0.1) is 13.8 Å². The Hall–Kier alpha value is -2.70. The van der Waals surface area contributed by atoms with Crippen LogP contribution in [0.3, 0.4) is 0 Å². The van der Waals surface area contributed by atoms with Crippen molar-refractivity contribution in [3.8, 4) is 0 Å². The summed E-state index contributed by atoms with van der Waals surface area (Å²) < 4.78 is 3.72. The van der Waals surface area contributed by atoms with Gasteiger partial charge in [0.2, 0.25) is 0 Å². The number of hydrogen-bond acceptors (Lipinski definition) is 4. The van der Waals surface area contributed by atoms with Crippen molar-refractivity contribution in [2.45, 2.75) is 39.3 Å². The number of nitrogens with zero attached hydrogens (tertiary/aromatic N) is 6. The molecular formula is C18H22N6O. The number of carbonyl (C=O) groups is 1. The monoisotopic (exact) mass is 338 g/mol. The van der Waals surface area contributed by atoms with Crippen molar-refractivity contribution in [2.24, 2.45) is 7.05 Å². The van der Waals surface area contributed by atoms with Gasteiger partial charge in [0, 0.05) is 24.8 Å². The Morgan fingerprint density at radius 3 is 2.88 bits per heavy atom. The quantitative estimate of drug-likeness (QED) is 0.733. The molecule has 0 saturated carbocycles. The van der Waals surface area contributed by atoms with E-state index in [1.165, 1.54) is 0 Å². The second-order valence-corrected chi connectivity index (χ2v) is 6.82. The van der Waals surface area contributed by atoms with Crippen LogP contribution in [0.4, 0.5) is 0 Å². The zero-order valence-electron chi connectivity index (χ0n) is 14.8. The fraction of sp³-hybridized carbons (Fsp3) is 0.444. The van der Waals surface area contributed by atoms with Gasteiger partial charge in [-0.25, -0.2) is 4.68 Å². The summed E-state index contributed by atoms with van der Waals surface area (Å²) in [6, 6.07) is 7.87. The van der Waals surface area contributed by atoms with Crippen LogP contribution in [0.25, 0.3) is 11.0 Å². The van der Waals surface area contributed by atoms with E-state index in [4.69, 9.17) is 0 Å². The Labute approximate surface area is 146 Å². The number of amides is 1. The van der Waals surface area contributed by atoms with Crippen LogP contribution in [0.1, 0.15) is 34.6 Å². The molecule has 4 rings (SSSR count). The highest BCUT2D eigenvalue weighted by Gasteiger charge is 2.30. The summed E-state index contributed by atoms with van der Waals surface area (Å²) in [5, 5.41) is 12.7. The van der Waals surface area contributed by atoms with Crippen LogP contribution in [-0.4, -0.2) is 48.2 Å². The molecular weight excluding hydrogens is 316 g/mol. The van der Waals surface area contributed by atoms with Gasteiger partial charge in [-0.2, -0.15) is 5.10 Å². The molecule has 0 bridgehead atoms. The molecule has 0 aliphatic carbocycles. The summed E-state index contributed by atoms with van der Waals surface area (Å²) >= 11 is 0. The second-order valence-electron chi connectivity index (χ2n) is 6.82. The maximum Gasteiger partial charge on any atom is 0.254 e. The third kappa shape index (κ3) is 2.79. The maximum absolute atomic E-state index is 13.0. The lowest BCUT2D eigenvalue weighted by atomic mass is 10.1. The molecule has 0 radical (unpaired) electrons. The van der Waals surface area contributed by atoms with E-state index in [1.807, 2.05) is 41.8 Å². The number of fused-ring (bicyclic) bond motifs is 1. The Balaban J connectivity index is 1.58. The molecule has 0 N–H and O–H groups in total. The van der Waals surface area contributed by atoms with Gasteiger partial charge in [0.05, 0.1) is 23.8 Å². The number of likely N-dealkylation sites (tertiary alicyclic amines) is 1. The van der Waals surface area contributed by atoms with Gasteiger partial charge in [-0.1, -0.05) is 5.21 Å². The van der Waals surface area contributed by atoms with E-state index < -0.39 is 0 Å². The Kier molecular flexibility index (Phi) is 3.78. The summed E-state index contributed by atoms with van der Waals surface area (Å²) in [6.07, 6.45) is 2.04. The van der Waals surface area contributed by atoms with E-state index in [9.17, 15) is 4.79 Å². The molecule has 7 nitrogen and oxygen atoms in total. The molecule has 1 aliphatic heterocycles. The van der Waals surface area contributed by atoms with Gasteiger partial charge < -0.3 is 4.90 Å². The first-order valence-corrected chi connectivity index (χ1v) is 8.64. The van der Waals surface area contributed by atoms with Crippen LogP contribution in [-0.2, 0) is 13.6 Å². The maximum atomic E-state index is 13.0. The van der Waals surface area contributed by atoms with E-state index in [-0.39, 0.29) is 11.9 Å². The fourth-order valence-corrected chi connectivity index (χ4v) is 3.69. The van der Waals surface area contributed by atoms with Crippen molar-refractivity contribution in [2.75, 3.05) is 6.54 Å². The van der Waals surface area contributed by atoms with Crippen molar-refractivity contribution in [3.05, 3.63) is 41.2 Å². The van der Waals surface area contributed by atoms with Crippen LogP contribution < -0.4 is 0 Å². The number of rotatable bonds is 3. The van der Waals surface area contributed by atoms with Gasteiger partial charge in [0.25, 0.3) is 5.91 Å². The highest BCUT2D eigenvalue weighted by Crippen LogP contribution is 2.23. The van der Waals surface area contributed by atoms with Gasteiger partial charge in [0.15, 0.2) is 0 Å². The van der Waals surface area contributed by atoms with Gasteiger partial charge in [0.1, 0.15) is 5.52 Å². The number of carbonyl (C=O) groups excluding carboxylic acids is 1. The van der Waals surface area contributed by atoms with Crippen molar-refractivity contribution in [1.82, 2.24) is 29.7 Å². The second kappa shape index (κ2) is 5.98. The molecule has 1 fully saturated rings. The first-order chi connectivity index (χ1) is 12.0. The van der Waals surface area contributed by atoms with Crippen molar-refractivity contribution >= 4 is 16.9 Å². The summed E-state index contributed by atoms with van der Waals surface area (Å²) in [7, 11) is 1.85. The minimum Gasteiger partial charge on any atom is -0.334 e.